The van der Waals surface area contributed by atoms with E-state index in [9.17, 15) is 14.8 Å². The van der Waals surface area contributed by atoms with Crippen LogP contribution in [-0.4, -0.2) is 59.9 Å². The molecule has 152 valence electrons. The van der Waals surface area contributed by atoms with E-state index in [4.69, 9.17) is 0 Å². The topological polar surface area (TPSA) is 70.3 Å². The number of rotatable bonds is 4. The zero-order valence-corrected chi connectivity index (χ0v) is 16.7. The summed E-state index contributed by atoms with van der Waals surface area (Å²) in [6, 6.07) is 14.8. The van der Waals surface area contributed by atoms with Crippen molar-refractivity contribution in [3.63, 3.8) is 0 Å². The highest BCUT2D eigenvalue weighted by atomic mass is 16.4. The molecule has 0 saturated carbocycles. The molecule has 0 aromatic heterocycles. The fourth-order valence-corrected chi connectivity index (χ4v) is 3.98. The number of phenolic OH excluding ortho intramolecular Hbond substituents is 1. The molecule has 2 heterocycles. The molecule has 2 aromatic carbocycles. The van der Waals surface area contributed by atoms with Crippen molar-refractivity contribution in [3.05, 3.63) is 53.4 Å². The number of hydrogen-bond donors (Lipinski definition) is 1. The van der Waals surface area contributed by atoms with E-state index in [1.54, 1.807) is 26.0 Å². The largest absolute Gasteiger partial charge is 0.508 e. The van der Waals surface area contributed by atoms with Crippen LogP contribution < -0.4 is 14.7 Å². The minimum Gasteiger partial charge on any atom is -0.508 e. The predicted molar refractivity (Wildman–Crippen MR) is 112 cm³/mol. The smallest absolute Gasteiger partial charge is 0.386 e. The average Bonchev–Trinajstić information content (AvgIpc) is 2.97. The van der Waals surface area contributed by atoms with Gasteiger partial charge in [0.2, 0.25) is 0 Å². The van der Waals surface area contributed by atoms with Crippen LogP contribution in [0.3, 0.4) is 0 Å². The molecule has 2 aromatic rings. The second-order valence-electron chi connectivity index (χ2n) is 7.31. The molecule has 2 amide bonds. The zero-order chi connectivity index (χ0) is 20.5. The Morgan fingerprint density at radius 3 is 1.79 bits per heavy atom. The van der Waals surface area contributed by atoms with Gasteiger partial charge in [0, 0.05) is 44.5 Å². The first-order valence-corrected chi connectivity index (χ1v) is 9.95. The number of phenols is 1. The fraction of sp³-hybridized carbons (Fsp3) is 0.381. The van der Waals surface area contributed by atoms with Crippen LogP contribution in [0.25, 0.3) is 0 Å². The number of urea groups is 1. The SMILES string of the molecule is CCN1C(=O)N(c2ccc(N3CCN(c4ccc(O)cc4)CC3)cc2)C(C)[N+]1=O. The molecule has 0 bridgehead atoms. The van der Waals surface area contributed by atoms with Crippen molar-refractivity contribution in [2.24, 2.45) is 0 Å². The van der Waals surface area contributed by atoms with Gasteiger partial charge >= 0.3 is 12.2 Å². The summed E-state index contributed by atoms with van der Waals surface area (Å²) >= 11 is 0. The molecule has 8 heteroatoms. The maximum Gasteiger partial charge on any atom is 0.386 e. The predicted octanol–water partition coefficient (Wildman–Crippen LogP) is 3.02. The number of carbonyl (C=O) groups is 1. The number of hydrogen-bond acceptors (Lipinski definition) is 5. The van der Waals surface area contributed by atoms with Gasteiger partial charge in [-0.25, -0.2) is 9.69 Å². The van der Waals surface area contributed by atoms with Crippen LogP contribution >= 0.6 is 0 Å². The van der Waals surface area contributed by atoms with Gasteiger partial charge in [-0.2, -0.15) is 0 Å². The number of nitroso groups, excluding NO2 is 1. The summed E-state index contributed by atoms with van der Waals surface area (Å²) in [7, 11) is 0. The Labute approximate surface area is 170 Å². The van der Waals surface area contributed by atoms with Crippen LogP contribution in [0.15, 0.2) is 48.5 Å². The van der Waals surface area contributed by atoms with Gasteiger partial charge in [-0.05, 0) is 60.5 Å². The van der Waals surface area contributed by atoms with Gasteiger partial charge < -0.3 is 14.9 Å². The van der Waals surface area contributed by atoms with E-state index in [1.165, 1.54) is 9.91 Å². The van der Waals surface area contributed by atoms with E-state index in [0.29, 0.717) is 6.54 Å². The first kappa shape index (κ1) is 19.0. The minimum atomic E-state index is -0.554. The Bertz CT molecular complexity index is 892. The third-order valence-electron chi connectivity index (χ3n) is 5.65. The highest BCUT2D eigenvalue weighted by Gasteiger charge is 2.50. The van der Waals surface area contributed by atoms with Crippen LogP contribution in [0.4, 0.5) is 21.9 Å². The van der Waals surface area contributed by atoms with Crippen LogP contribution in [-0.2, 0) is 0 Å². The summed E-state index contributed by atoms with van der Waals surface area (Å²) in [5, 5.41) is 10.7. The minimum absolute atomic E-state index is 0.278. The fourth-order valence-electron chi connectivity index (χ4n) is 3.98. The lowest BCUT2D eigenvalue weighted by molar-refractivity contribution is -0.695. The second kappa shape index (κ2) is 7.62. The van der Waals surface area contributed by atoms with E-state index >= 15 is 0 Å². The standard InChI is InChI=1S/C21H25N5O3/c1-3-24-21(28)25(16(2)26(24)29)19-6-4-17(5-7-19)22-12-14-23(15-13-22)18-8-10-20(27)11-9-18/h4-11,16H,3,12-15H2,1-2H3/p+1. The van der Waals surface area contributed by atoms with Crippen molar-refractivity contribution in [3.8, 4) is 5.75 Å². The van der Waals surface area contributed by atoms with Gasteiger partial charge in [-0.3, -0.25) is 0 Å². The number of piperazine rings is 1. The molecule has 0 radical (unpaired) electrons. The van der Waals surface area contributed by atoms with Crippen LogP contribution in [0.1, 0.15) is 13.8 Å². The summed E-state index contributed by atoms with van der Waals surface area (Å²) in [5.41, 5.74) is 2.94. The number of benzene rings is 2. The molecule has 1 unspecified atom stereocenters. The normalized spacial score (nSPS) is 20.0. The molecular weight excluding hydrogens is 370 g/mol. The summed E-state index contributed by atoms with van der Waals surface area (Å²) in [6.45, 7) is 7.44. The Hall–Kier alpha value is -3.29. The van der Waals surface area contributed by atoms with E-state index in [-0.39, 0.29) is 11.8 Å². The lowest BCUT2D eigenvalue weighted by Crippen LogP contribution is -2.46. The number of hydrazine groups is 1. The van der Waals surface area contributed by atoms with Crippen molar-refractivity contribution in [1.29, 1.82) is 0 Å². The molecular formula is C21H26N5O3+. The highest BCUT2D eigenvalue weighted by molar-refractivity contribution is 5.93. The van der Waals surface area contributed by atoms with Crippen molar-refractivity contribution >= 4 is 23.1 Å². The zero-order valence-electron chi connectivity index (χ0n) is 16.7. The van der Waals surface area contributed by atoms with Crippen molar-refractivity contribution in [2.75, 3.05) is 47.4 Å². The third kappa shape index (κ3) is 3.46. The van der Waals surface area contributed by atoms with Gasteiger partial charge in [-0.15, -0.1) is 0 Å². The molecule has 0 spiro atoms. The van der Waals surface area contributed by atoms with E-state index < -0.39 is 6.17 Å². The Morgan fingerprint density at radius 1 is 0.897 bits per heavy atom. The Morgan fingerprint density at radius 2 is 1.34 bits per heavy atom. The maximum atomic E-state index is 12.5. The molecule has 4 rings (SSSR count). The highest BCUT2D eigenvalue weighted by Crippen LogP contribution is 2.28. The van der Waals surface area contributed by atoms with Gasteiger partial charge in [-0.1, -0.05) is 0 Å². The van der Waals surface area contributed by atoms with Gasteiger partial charge in [0.05, 0.1) is 17.1 Å². The number of nitrogens with zero attached hydrogens (tertiary/aromatic N) is 5. The van der Waals surface area contributed by atoms with Crippen molar-refractivity contribution < 1.29 is 14.8 Å². The third-order valence-corrected chi connectivity index (χ3v) is 5.65. The Balaban J connectivity index is 1.42. The van der Waals surface area contributed by atoms with Gasteiger partial charge in [0.1, 0.15) is 5.75 Å². The molecule has 1 N–H and O–H groups in total. The Kier molecular flexibility index (Phi) is 5.00. The van der Waals surface area contributed by atoms with Crippen LogP contribution in [0, 0.1) is 4.91 Å². The first-order chi connectivity index (χ1) is 14.0. The monoisotopic (exact) mass is 396 g/mol. The van der Waals surface area contributed by atoms with E-state index in [0.717, 1.165) is 48.1 Å². The maximum absolute atomic E-state index is 12.5. The number of aromatic hydroxyl groups is 1. The number of anilines is 3. The number of amides is 2. The first-order valence-electron chi connectivity index (χ1n) is 9.95. The molecule has 8 nitrogen and oxygen atoms in total. The summed E-state index contributed by atoms with van der Waals surface area (Å²) in [4.78, 5) is 31.6. The second-order valence-corrected chi connectivity index (χ2v) is 7.31. The molecule has 2 saturated heterocycles. The molecule has 1 atom stereocenters. The summed E-state index contributed by atoms with van der Waals surface area (Å²) in [5.74, 6) is 0.278. The molecule has 0 aliphatic carbocycles. The lowest BCUT2D eigenvalue weighted by atomic mass is 10.2. The van der Waals surface area contributed by atoms with Crippen molar-refractivity contribution in [2.45, 2.75) is 20.0 Å². The summed E-state index contributed by atoms with van der Waals surface area (Å²) < 4.78 is 0. The van der Waals surface area contributed by atoms with Gasteiger partial charge in [0.25, 0.3) is 0 Å². The molecule has 29 heavy (non-hydrogen) atoms. The van der Waals surface area contributed by atoms with Gasteiger partial charge in [0.15, 0.2) is 4.87 Å². The summed E-state index contributed by atoms with van der Waals surface area (Å²) in [6.07, 6.45) is -0.554. The van der Waals surface area contributed by atoms with Crippen LogP contribution in [0.5, 0.6) is 5.75 Å². The molecule has 2 fully saturated rings. The molecule has 2 aliphatic heterocycles. The number of carbonyl (C=O) groups excluding carboxylic acids is 1. The van der Waals surface area contributed by atoms with E-state index in [1.807, 2.05) is 36.4 Å². The average molecular weight is 396 g/mol. The van der Waals surface area contributed by atoms with E-state index in [2.05, 4.69) is 9.80 Å². The van der Waals surface area contributed by atoms with Crippen molar-refractivity contribution in [1.82, 2.24) is 5.01 Å². The van der Waals surface area contributed by atoms with Crippen LogP contribution in [0.2, 0.25) is 0 Å². The molecule has 2 aliphatic rings. The lowest BCUT2D eigenvalue weighted by Gasteiger charge is -2.37. The quantitative estimate of drug-likeness (QED) is 0.805.